The van der Waals surface area contributed by atoms with Crippen LogP contribution in [0.1, 0.15) is 11.6 Å². The van der Waals surface area contributed by atoms with Crippen molar-refractivity contribution in [3.8, 4) is 5.75 Å². The van der Waals surface area contributed by atoms with E-state index in [-0.39, 0.29) is 5.91 Å². The van der Waals surface area contributed by atoms with Gasteiger partial charge in [0.2, 0.25) is 5.91 Å². The third-order valence-corrected chi connectivity index (χ3v) is 4.90. The molecule has 0 saturated heterocycles. The Bertz CT molecular complexity index is 1080. The van der Waals surface area contributed by atoms with Gasteiger partial charge in [-0.15, -0.1) is 5.10 Å². The average molecular weight is 390 g/mol. The fraction of sp³-hybridized carbons (Fsp3) is 0.238. The second kappa shape index (κ2) is 8.55. The van der Waals surface area contributed by atoms with E-state index in [2.05, 4.69) is 25.4 Å². The molecule has 1 atom stereocenters. The van der Waals surface area contributed by atoms with Gasteiger partial charge >= 0.3 is 0 Å². The molecule has 0 fully saturated rings. The lowest BCUT2D eigenvalue weighted by Crippen LogP contribution is -2.36. The second-order valence-corrected chi connectivity index (χ2v) is 6.69. The summed E-state index contributed by atoms with van der Waals surface area (Å²) in [6.45, 7) is 1.14. The Morgan fingerprint density at radius 1 is 1.14 bits per heavy atom. The lowest BCUT2D eigenvalue weighted by molar-refractivity contribution is -0.124. The molecule has 8 heteroatoms. The Kier molecular flexibility index (Phi) is 5.51. The smallest absolute Gasteiger partial charge is 0.245 e. The number of rotatable bonds is 8. The Morgan fingerprint density at radius 3 is 2.76 bits per heavy atom. The van der Waals surface area contributed by atoms with Gasteiger partial charge in [-0.05, 0) is 34.2 Å². The van der Waals surface area contributed by atoms with E-state index in [0.29, 0.717) is 19.5 Å². The van der Waals surface area contributed by atoms with E-state index in [4.69, 9.17) is 4.74 Å². The van der Waals surface area contributed by atoms with Crippen LogP contribution in [0.2, 0.25) is 0 Å². The lowest BCUT2D eigenvalue weighted by atomic mass is 10.1. The van der Waals surface area contributed by atoms with E-state index in [0.717, 1.165) is 22.2 Å². The molecule has 2 heterocycles. The minimum absolute atomic E-state index is 0.116. The van der Waals surface area contributed by atoms with E-state index in [1.54, 1.807) is 7.11 Å². The zero-order valence-electron chi connectivity index (χ0n) is 16.1. The fourth-order valence-corrected chi connectivity index (χ4v) is 3.44. The van der Waals surface area contributed by atoms with Crippen LogP contribution < -0.4 is 10.1 Å². The number of hydrogen-bond donors (Lipinski definition) is 1. The number of nitrogens with zero attached hydrogens (tertiary/aromatic N) is 5. The standard InChI is InChI=1S/C21H22N6O2/c1-29-20-9-5-8-18-17(20)10-12-26(18)13-11-22-21(28)19(27-15-23-24-25-27)14-16-6-3-2-4-7-16/h2-10,12,15,19H,11,13-14H2,1H3,(H,22,28)/t19-/m1/s1. The van der Waals surface area contributed by atoms with Crippen molar-refractivity contribution in [1.82, 2.24) is 30.1 Å². The third kappa shape index (κ3) is 4.11. The molecule has 4 aromatic rings. The molecule has 1 N–H and O–H groups in total. The predicted octanol–water partition coefficient (Wildman–Crippen LogP) is 2.24. The molecule has 2 aromatic carbocycles. The number of hydrogen-bond acceptors (Lipinski definition) is 5. The summed E-state index contributed by atoms with van der Waals surface area (Å²) in [5, 5.41) is 15.3. The molecule has 0 spiro atoms. The largest absolute Gasteiger partial charge is 0.496 e. The van der Waals surface area contributed by atoms with Crippen LogP contribution in [-0.4, -0.2) is 44.3 Å². The highest BCUT2D eigenvalue weighted by atomic mass is 16.5. The maximum absolute atomic E-state index is 12.9. The second-order valence-electron chi connectivity index (χ2n) is 6.69. The summed E-state index contributed by atoms with van der Waals surface area (Å²) < 4.78 is 9.01. The molecule has 0 radical (unpaired) electrons. The Morgan fingerprint density at radius 2 is 2.00 bits per heavy atom. The number of tetrazole rings is 1. The lowest BCUT2D eigenvalue weighted by Gasteiger charge is -2.17. The van der Waals surface area contributed by atoms with Crippen molar-refractivity contribution in [1.29, 1.82) is 0 Å². The molecule has 0 saturated carbocycles. The molecule has 0 unspecified atom stereocenters. The van der Waals surface area contributed by atoms with Crippen LogP contribution in [0, 0.1) is 0 Å². The molecule has 0 bridgehead atoms. The Hall–Kier alpha value is -3.68. The number of benzene rings is 2. The summed E-state index contributed by atoms with van der Waals surface area (Å²) in [6.07, 6.45) is 3.99. The van der Waals surface area contributed by atoms with Crippen LogP contribution in [-0.2, 0) is 17.8 Å². The van der Waals surface area contributed by atoms with Gasteiger partial charge in [0, 0.05) is 31.1 Å². The highest BCUT2D eigenvalue weighted by molar-refractivity contribution is 5.86. The van der Waals surface area contributed by atoms with Gasteiger partial charge in [0.25, 0.3) is 0 Å². The predicted molar refractivity (Wildman–Crippen MR) is 108 cm³/mol. The molecule has 0 aliphatic carbocycles. The SMILES string of the molecule is COc1cccc2c1ccn2CCNC(=O)[C@@H](Cc1ccccc1)n1cnnn1. The van der Waals surface area contributed by atoms with Crippen molar-refractivity contribution >= 4 is 16.8 Å². The summed E-state index contributed by atoms with van der Waals surface area (Å²) in [7, 11) is 1.66. The van der Waals surface area contributed by atoms with Gasteiger partial charge in [-0.2, -0.15) is 0 Å². The van der Waals surface area contributed by atoms with E-state index >= 15 is 0 Å². The van der Waals surface area contributed by atoms with Crippen LogP contribution in [0.4, 0.5) is 0 Å². The summed E-state index contributed by atoms with van der Waals surface area (Å²) >= 11 is 0. The topological polar surface area (TPSA) is 86.9 Å². The highest BCUT2D eigenvalue weighted by Gasteiger charge is 2.22. The summed E-state index contributed by atoms with van der Waals surface area (Å²) in [6, 6.07) is 17.3. The minimum Gasteiger partial charge on any atom is -0.496 e. The molecule has 0 aliphatic heterocycles. The summed E-state index contributed by atoms with van der Waals surface area (Å²) in [5.74, 6) is 0.724. The molecule has 4 rings (SSSR count). The Balaban J connectivity index is 1.43. The van der Waals surface area contributed by atoms with Crippen molar-refractivity contribution in [3.63, 3.8) is 0 Å². The van der Waals surface area contributed by atoms with Crippen LogP contribution >= 0.6 is 0 Å². The van der Waals surface area contributed by atoms with Crippen molar-refractivity contribution in [3.05, 3.63) is 72.7 Å². The van der Waals surface area contributed by atoms with Gasteiger partial charge in [-0.1, -0.05) is 36.4 Å². The first-order chi connectivity index (χ1) is 14.3. The molecule has 2 aromatic heterocycles. The fourth-order valence-electron chi connectivity index (χ4n) is 3.44. The molecule has 148 valence electrons. The monoisotopic (exact) mass is 390 g/mol. The number of methoxy groups -OCH3 is 1. The van der Waals surface area contributed by atoms with E-state index in [9.17, 15) is 4.79 Å². The first-order valence-corrected chi connectivity index (χ1v) is 9.42. The molecule has 29 heavy (non-hydrogen) atoms. The molecular formula is C21H22N6O2. The molecular weight excluding hydrogens is 368 g/mol. The van der Waals surface area contributed by atoms with Crippen LogP contribution in [0.15, 0.2) is 67.1 Å². The van der Waals surface area contributed by atoms with Crippen LogP contribution in [0.3, 0.4) is 0 Å². The van der Waals surface area contributed by atoms with E-state index < -0.39 is 6.04 Å². The van der Waals surface area contributed by atoms with Gasteiger partial charge in [-0.25, -0.2) is 4.68 Å². The third-order valence-electron chi connectivity index (χ3n) is 4.90. The molecule has 8 nitrogen and oxygen atoms in total. The molecule has 0 aliphatic rings. The molecule has 1 amide bonds. The normalized spacial score (nSPS) is 12.0. The highest BCUT2D eigenvalue weighted by Crippen LogP contribution is 2.26. The number of carbonyl (C=O) groups is 1. The maximum atomic E-state index is 12.9. The van der Waals surface area contributed by atoms with E-state index in [1.807, 2.05) is 60.8 Å². The summed E-state index contributed by atoms with van der Waals surface area (Å²) in [4.78, 5) is 12.9. The van der Waals surface area contributed by atoms with Gasteiger partial charge in [0.15, 0.2) is 0 Å². The van der Waals surface area contributed by atoms with Gasteiger partial charge in [0.05, 0.1) is 12.6 Å². The van der Waals surface area contributed by atoms with Crippen LogP contribution in [0.5, 0.6) is 5.75 Å². The number of nitrogens with one attached hydrogen (secondary N) is 1. The zero-order valence-corrected chi connectivity index (χ0v) is 16.1. The van der Waals surface area contributed by atoms with Crippen molar-refractivity contribution in [2.45, 2.75) is 19.0 Å². The quantitative estimate of drug-likeness (QED) is 0.499. The van der Waals surface area contributed by atoms with Crippen LogP contribution in [0.25, 0.3) is 10.9 Å². The average Bonchev–Trinajstić information content (AvgIpc) is 3.43. The first-order valence-electron chi connectivity index (χ1n) is 9.42. The van der Waals surface area contributed by atoms with Crippen molar-refractivity contribution in [2.24, 2.45) is 0 Å². The van der Waals surface area contributed by atoms with E-state index in [1.165, 1.54) is 11.0 Å². The Labute approximate surface area is 168 Å². The zero-order chi connectivity index (χ0) is 20.1. The van der Waals surface area contributed by atoms with Gasteiger partial charge in [0.1, 0.15) is 18.1 Å². The van der Waals surface area contributed by atoms with Crippen molar-refractivity contribution in [2.75, 3.05) is 13.7 Å². The number of fused-ring (bicyclic) bond motifs is 1. The van der Waals surface area contributed by atoms with Gasteiger partial charge in [-0.3, -0.25) is 4.79 Å². The number of ether oxygens (including phenoxy) is 1. The first kappa shape index (κ1) is 18.7. The summed E-state index contributed by atoms with van der Waals surface area (Å²) in [5.41, 5.74) is 2.12. The minimum atomic E-state index is -0.506. The number of aromatic nitrogens is 5. The maximum Gasteiger partial charge on any atom is 0.245 e. The number of carbonyl (C=O) groups excluding carboxylic acids is 1. The van der Waals surface area contributed by atoms with Gasteiger partial charge < -0.3 is 14.6 Å². The number of amides is 1. The van der Waals surface area contributed by atoms with Crippen molar-refractivity contribution < 1.29 is 9.53 Å².